The maximum absolute atomic E-state index is 12.4. The van der Waals surface area contributed by atoms with Gasteiger partial charge in [0.2, 0.25) is 0 Å². The van der Waals surface area contributed by atoms with Gasteiger partial charge in [-0.15, -0.1) is 0 Å². The third-order valence-corrected chi connectivity index (χ3v) is 6.66. The number of aromatic nitrogens is 1. The Morgan fingerprint density at radius 3 is 2.11 bits per heavy atom. The Morgan fingerprint density at radius 1 is 1.00 bits per heavy atom. The van der Waals surface area contributed by atoms with E-state index in [2.05, 4.69) is 10.5 Å². The van der Waals surface area contributed by atoms with Crippen molar-refractivity contribution in [3.8, 4) is 22.5 Å². The zero-order valence-electron chi connectivity index (χ0n) is 20.9. The quantitative estimate of drug-likeness (QED) is 0.373. The van der Waals surface area contributed by atoms with E-state index in [0.717, 1.165) is 35.1 Å². The summed E-state index contributed by atoms with van der Waals surface area (Å²) in [6.07, 6.45) is 0.913. The van der Waals surface area contributed by atoms with Gasteiger partial charge in [-0.2, -0.15) is 0 Å². The first-order valence-electron chi connectivity index (χ1n) is 12.1. The van der Waals surface area contributed by atoms with Crippen LogP contribution in [-0.2, 0) is 19.7 Å². The number of esters is 1. The first kappa shape index (κ1) is 24.5. The molecule has 35 heavy (non-hydrogen) atoms. The number of hydrogen-bond donors (Lipinski definition) is 1. The van der Waals surface area contributed by atoms with Crippen LogP contribution in [0.2, 0.25) is 0 Å². The van der Waals surface area contributed by atoms with Gasteiger partial charge in [-0.25, -0.2) is 4.79 Å². The molecule has 1 aromatic heterocycles. The second-order valence-corrected chi connectivity index (χ2v) is 9.41. The van der Waals surface area contributed by atoms with Crippen LogP contribution in [0.15, 0.2) is 53.1 Å². The molecule has 1 aliphatic rings. The molecule has 3 aromatic rings. The predicted molar refractivity (Wildman–Crippen MR) is 134 cm³/mol. The van der Waals surface area contributed by atoms with E-state index in [1.54, 1.807) is 6.92 Å². The summed E-state index contributed by atoms with van der Waals surface area (Å²) in [4.78, 5) is 24.7. The van der Waals surface area contributed by atoms with Crippen LogP contribution in [0.4, 0.5) is 10.5 Å². The largest absolute Gasteiger partial charge is 0.465 e. The smallest absolute Gasteiger partial charge is 0.412 e. The summed E-state index contributed by atoms with van der Waals surface area (Å²) in [5, 5.41) is 6.80. The van der Waals surface area contributed by atoms with Crippen LogP contribution in [0, 0.1) is 12.8 Å². The maximum Gasteiger partial charge on any atom is 0.412 e. The van der Waals surface area contributed by atoms with Crippen LogP contribution in [0.5, 0.6) is 0 Å². The Labute approximate surface area is 205 Å². The molecule has 1 saturated carbocycles. The average molecular weight is 477 g/mol. The second-order valence-electron chi connectivity index (χ2n) is 9.41. The van der Waals surface area contributed by atoms with Crippen LogP contribution in [0.3, 0.4) is 0 Å². The molecule has 1 N–H and O–H groups in total. The molecule has 7 heteroatoms. The first-order chi connectivity index (χ1) is 16.7. The highest BCUT2D eigenvalue weighted by atomic mass is 16.6. The molecule has 1 aliphatic carbocycles. The van der Waals surface area contributed by atoms with E-state index in [0.29, 0.717) is 23.7 Å². The number of ether oxygens (including phenoxy) is 2. The normalized spacial score (nSPS) is 14.9. The van der Waals surface area contributed by atoms with Crippen molar-refractivity contribution in [3.05, 3.63) is 59.8 Å². The van der Waals surface area contributed by atoms with Gasteiger partial charge in [-0.1, -0.05) is 67.5 Å². The zero-order valence-corrected chi connectivity index (χ0v) is 20.9. The fourth-order valence-corrected chi connectivity index (χ4v) is 3.95. The highest BCUT2D eigenvalue weighted by molar-refractivity contribution is 5.91. The molecule has 0 aliphatic heterocycles. The lowest BCUT2D eigenvalue weighted by Gasteiger charge is -2.17. The standard InChI is InChI=1S/C28H32N2O5/c1-6-33-26(31)28(15-16-28)23-13-11-21(12-14-23)20-7-9-22(10-8-20)25-24(18(4)30-35-25)29-27(32)34-19(5)17(2)3/h7-14,17,19H,6,15-16H2,1-5H3,(H,29,32). The molecule has 0 bridgehead atoms. The van der Waals surface area contributed by atoms with Crippen molar-refractivity contribution in [2.75, 3.05) is 11.9 Å². The summed E-state index contributed by atoms with van der Waals surface area (Å²) in [5.74, 6) is 0.556. The highest BCUT2D eigenvalue weighted by Crippen LogP contribution is 2.49. The van der Waals surface area contributed by atoms with Crippen molar-refractivity contribution in [2.45, 2.75) is 59.0 Å². The number of nitrogens with zero attached hydrogens (tertiary/aromatic N) is 1. The second kappa shape index (κ2) is 9.94. The summed E-state index contributed by atoms with van der Waals surface area (Å²) in [7, 11) is 0. The Kier molecular flexibility index (Phi) is 6.96. The number of nitrogens with one attached hydrogen (secondary N) is 1. The van der Waals surface area contributed by atoms with Gasteiger partial charge in [0.15, 0.2) is 5.76 Å². The topological polar surface area (TPSA) is 90.7 Å². The fraction of sp³-hybridized carbons (Fsp3) is 0.393. The van der Waals surface area contributed by atoms with Crippen molar-refractivity contribution in [1.29, 1.82) is 0 Å². The van der Waals surface area contributed by atoms with Crippen molar-refractivity contribution in [2.24, 2.45) is 5.92 Å². The predicted octanol–water partition coefficient (Wildman–Crippen LogP) is 6.50. The summed E-state index contributed by atoms with van der Waals surface area (Å²) in [6, 6.07) is 15.9. The van der Waals surface area contributed by atoms with E-state index in [1.165, 1.54) is 0 Å². The molecule has 7 nitrogen and oxygen atoms in total. The minimum Gasteiger partial charge on any atom is -0.465 e. The molecule has 184 valence electrons. The van der Waals surface area contributed by atoms with E-state index in [9.17, 15) is 9.59 Å². The molecule has 1 fully saturated rings. The molecule has 0 spiro atoms. The van der Waals surface area contributed by atoms with Crippen molar-refractivity contribution >= 4 is 17.7 Å². The van der Waals surface area contributed by atoms with Gasteiger partial charge in [0.1, 0.15) is 17.5 Å². The van der Waals surface area contributed by atoms with Gasteiger partial charge in [0, 0.05) is 5.56 Å². The summed E-state index contributed by atoms with van der Waals surface area (Å²) >= 11 is 0. The van der Waals surface area contributed by atoms with E-state index < -0.39 is 11.5 Å². The van der Waals surface area contributed by atoms with Gasteiger partial charge >= 0.3 is 12.1 Å². The molecule has 1 atom stereocenters. The molecule has 0 radical (unpaired) electrons. The highest BCUT2D eigenvalue weighted by Gasteiger charge is 2.52. The molecule has 4 rings (SSSR count). The Hall–Kier alpha value is -3.61. The number of carbonyl (C=O) groups excluding carboxylic acids is 2. The zero-order chi connectivity index (χ0) is 25.2. The molecule has 1 heterocycles. The average Bonchev–Trinajstić information content (AvgIpc) is 3.59. The van der Waals surface area contributed by atoms with Crippen LogP contribution in [0.25, 0.3) is 22.5 Å². The Bertz CT molecular complexity index is 1190. The summed E-state index contributed by atoms with van der Waals surface area (Å²) < 4.78 is 16.2. The van der Waals surface area contributed by atoms with Gasteiger partial charge < -0.3 is 14.0 Å². The number of anilines is 1. The first-order valence-corrected chi connectivity index (χ1v) is 12.1. The summed E-state index contributed by atoms with van der Waals surface area (Å²) in [5.41, 5.74) is 4.46. The van der Waals surface area contributed by atoms with Crippen LogP contribution in [0.1, 0.15) is 51.8 Å². The number of hydrogen-bond acceptors (Lipinski definition) is 6. The van der Waals surface area contributed by atoms with Gasteiger partial charge in [0.25, 0.3) is 0 Å². The molecule has 0 saturated heterocycles. The molecular weight excluding hydrogens is 444 g/mol. The number of carbonyl (C=O) groups is 2. The number of rotatable bonds is 8. The van der Waals surface area contributed by atoms with E-state index >= 15 is 0 Å². The lowest BCUT2D eigenvalue weighted by atomic mass is 9.93. The fourth-order valence-electron chi connectivity index (χ4n) is 3.95. The van der Waals surface area contributed by atoms with Crippen LogP contribution < -0.4 is 5.32 Å². The summed E-state index contributed by atoms with van der Waals surface area (Å²) in [6.45, 7) is 9.84. The Balaban J connectivity index is 1.49. The van der Waals surface area contributed by atoms with E-state index in [4.69, 9.17) is 14.0 Å². The van der Waals surface area contributed by atoms with Gasteiger partial charge in [0.05, 0.1) is 12.0 Å². The van der Waals surface area contributed by atoms with Crippen molar-refractivity contribution < 1.29 is 23.6 Å². The van der Waals surface area contributed by atoms with Crippen LogP contribution >= 0.6 is 0 Å². The lowest BCUT2D eigenvalue weighted by molar-refractivity contribution is -0.146. The third-order valence-electron chi connectivity index (χ3n) is 6.66. The number of aryl methyl sites for hydroxylation is 1. The van der Waals surface area contributed by atoms with Gasteiger partial charge in [-0.05, 0) is 56.2 Å². The lowest BCUT2D eigenvalue weighted by Crippen LogP contribution is -2.24. The van der Waals surface area contributed by atoms with E-state index in [1.807, 2.05) is 76.2 Å². The number of amides is 1. The molecule has 2 aromatic carbocycles. The van der Waals surface area contributed by atoms with Crippen molar-refractivity contribution in [1.82, 2.24) is 5.16 Å². The molecule has 1 amide bonds. The third kappa shape index (κ3) is 5.09. The maximum atomic E-state index is 12.4. The van der Waals surface area contributed by atoms with Crippen molar-refractivity contribution in [3.63, 3.8) is 0 Å². The van der Waals surface area contributed by atoms with Crippen LogP contribution in [-0.4, -0.2) is 29.9 Å². The monoisotopic (exact) mass is 476 g/mol. The molecular formula is C28H32N2O5. The number of benzene rings is 2. The SMILES string of the molecule is CCOC(=O)C1(c2ccc(-c3ccc(-c4onc(C)c4NC(=O)OC(C)C(C)C)cc3)cc2)CC1. The Morgan fingerprint density at radius 2 is 1.57 bits per heavy atom. The minimum atomic E-state index is -0.535. The van der Waals surface area contributed by atoms with E-state index in [-0.39, 0.29) is 18.0 Å². The van der Waals surface area contributed by atoms with Gasteiger partial charge in [-0.3, -0.25) is 10.1 Å². The molecule has 1 unspecified atom stereocenters. The minimum absolute atomic E-state index is 0.133.